The second-order valence-corrected chi connectivity index (χ2v) is 4.41. The molecule has 0 heterocycles. The average Bonchev–Trinajstić information content (AvgIpc) is 2.18. The normalized spacial score (nSPS) is 11.7. The molecule has 0 aliphatic rings. The van der Waals surface area contributed by atoms with Crippen molar-refractivity contribution in [1.82, 2.24) is 0 Å². The first kappa shape index (κ1) is 10.6. The lowest BCUT2D eigenvalue weighted by atomic mass is 9.86. The van der Waals surface area contributed by atoms with Gasteiger partial charge in [0, 0.05) is 0 Å². The fraction of sp³-hybridized carbons (Fsp3) is 0.500. The Morgan fingerprint density at radius 2 is 1.69 bits per heavy atom. The summed E-state index contributed by atoms with van der Waals surface area (Å²) in [6, 6.07) is 8.85. The van der Waals surface area contributed by atoms with E-state index in [-0.39, 0.29) is 5.41 Å². The van der Waals surface area contributed by atoms with Crippen LogP contribution in [0.5, 0.6) is 0 Å². The maximum atomic E-state index is 4.36. The molecule has 1 aromatic rings. The number of hydrogen-bond donors (Lipinski definition) is 1. The summed E-state index contributed by atoms with van der Waals surface area (Å²) in [5.41, 5.74) is 2.97. The van der Waals surface area contributed by atoms with Crippen LogP contribution in [0.1, 0.15) is 31.9 Å². The summed E-state index contributed by atoms with van der Waals surface area (Å²) in [7, 11) is 0. The van der Waals surface area contributed by atoms with Crippen LogP contribution >= 0.6 is 12.6 Å². The molecule has 0 unspecified atom stereocenters. The monoisotopic (exact) mass is 194 g/mol. The molecular weight excluding hydrogens is 176 g/mol. The van der Waals surface area contributed by atoms with Crippen molar-refractivity contribution < 1.29 is 0 Å². The van der Waals surface area contributed by atoms with Gasteiger partial charge in [-0.25, -0.2) is 0 Å². The average molecular weight is 194 g/mol. The molecule has 0 saturated heterocycles. The number of hydrogen-bond acceptors (Lipinski definition) is 1. The van der Waals surface area contributed by atoms with Crippen LogP contribution in [0.4, 0.5) is 0 Å². The van der Waals surface area contributed by atoms with Crippen molar-refractivity contribution in [2.45, 2.75) is 32.6 Å². The van der Waals surface area contributed by atoms with Gasteiger partial charge >= 0.3 is 0 Å². The summed E-state index contributed by atoms with van der Waals surface area (Å²) in [4.78, 5) is 0. The Bertz CT molecular complexity index is 259. The van der Waals surface area contributed by atoms with Crippen molar-refractivity contribution in [3.05, 3.63) is 35.4 Å². The highest BCUT2D eigenvalue weighted by molar-refractivity contribution is 7.80. The minimum Gasteiger partial charge on any atom is -0.178 e. The van der Waals surface area contributed by atoms with Gasteiger partial charge in [-0.15, -0.1) is 0 Å². The van der Waals surface area contributed by atoms with Crippen LogP contribution < -0.4 is 0 Å². The first-order valence-electron chi connectivity index (χ1n) is 4.80. The van der Waals surface area contributed by atoms with Gasteiger partial charge < -0.3 is 0 Å². The molecule has 0 fully saturated rings. The molecule has 1 heteroatoms. The summed E-state index contributed by atoms with van der Waals surface area (Å²) in [5.74, 6) is 0.887. The summed E-state index contributed by atoms with van der Waals surface area (Å²) < 4.78 is 0. The Morgan fingerprint density at radius 3 is 2.08 bits per heavy atom. The molecule has 0 spiro atoms. The van der Waals surface area contributed by atoms with Crippen LogP contribution in [0.25, 0.3) is 0 Å². The zero-order valence-electron chi connectivity index (χ0n) is 8.67. The molecule has 72 valence electrons. The van der Waals surface area contributed by atoms with Gasteiger partial charge in [0.1, 0.15) is 0 Å². The van der Waals surface area contributed by atoms with E-state index in [1.165, 1.54) is 11.1 Å². The Hall–Kier alpha value is -0.430. The van der Waals surface area contributed by atoms with Gasteiger partial charge in [-0.05, 0) is 28.7 Å². The fourth-order valence-electron chi connectivity index (χ4n) is 1.28. The molecule has 0 aliphatic heterocycles. The second-order valence-electron chi connectivity index (χ2n) is 4.09. The summed E-state index contributed by atoms with van der Waals surface area (Å²) in [5, 5.41) is 0. The lowest BCUT2D eigenvalue weighted by Crippen LogP contribution is -2.18. The van der Waals surface area contributed by atoms with Gasteiger partial charge in [0.2, 0.25) is 0 Å². The van der Waals surface area contributed by atoms with Crippen LogP contribution in [0, 0.1) is 0 Å². The van der Waals surface area contributed by atoms with Crippen LogP contribution in [-0.2, 0) is 11.8 Å². The first-order valence-corrected chi connectivity index (χ1v) is 5.43. The second kappa shape index (κ2) is 4.19. The predicted molar refractivity (Wildman–Crippen MR) is 62.7 cm³/mol. The van der Waals surface area contributed by atoms with Gasteiger partial charge in [0.25, 0.3) is 0 Å². The summed E-state index contributed by atoms with van der Waals surface area (Å²) in [6.07, 6.45) is 1.11. The highest BCUT2D eigenvalue weighted by Gasteiger charge is 2.17. The molecule has 1 aromatic carbocycles. The molecule has 13 heavy (non-hydrogen) atoms. The molecular formula is C12H18S. The Labute approximate surface area is 86.8 Å². The van der Waals surface area contributed by atoms with Gasteiger partial charge in [0.05, 0.1) is 0 Å². The Morgan fingerprint density at radius 1 is 1.15 bits per heavy atom. The summed E-state index contributed by atoms with van der Waals surface area (Å²) >= 11 is 4.36. The number of rotatable bonds is 3. The number of thiol groups is 1. The lowest BCUT2D eigenvalue weighted by Gasteiger charge is -2.22. The highest BCUT2D eigenvalue weighted by atomic mass is 32.1. The van der Waals surface area contributed by atoms with E-state index in [2.05, 4.69) is 57.7 Å². The molecule has 0 nitrogen and oxygen atoms in total. The van der Waals surface area contributed by atoms with Gasteiger partial charge in [0.15, 0.2) is 0 Å². The maximum absolute atomic E-state index is 4.36. The van der Waals surface area contributed by atoms with Crippen molar-refractivity contribution in [2.24, 2.45) is 0 Å². The minimum absolute atomic E-state index is 0.190. The molecule has 0 aliphatic carbocycles. The molecule has 0 N–H and O–H groups in total. The van der Waals surface area contributed by atoms with Crippen molar-refractivity contribution >= 4 is 12.6 Å². The van der Waals surface area contributed by atoms with Crippen molar-refractivity contribution in [3.63, 3.8) is 0 Å². The first-order chi connectivity index (χ1) is 6.10. The third kappa shape index (κ3) is 2.50. The van der Waals surface area contributed by atoms with E-state index in [4.69, 9.17) is 0 Å². The predicted octanol–water partition coefficient (Wildman–Crippen LogP) is 3.46. The standard InChI is InChI=1S/C12H18S/c1-4-10-5-7-11(8-6-10)12(2,3)9-13/h5-8,13H,4,9H2,1-3H3. The Balaban J connectivity index is 2.92. The lowest BCUT2D eigenvalue weighted by molar-refractivity contribution is 0.603. The molecule has 0 bridgehead atoms. The highest BCUT2D eigenvalue weighted by Crippen LogP contribution is 2.24. The van der Waals surface area contributed by atoms with E-state index in [0.29, 0.717) is 0 Å². The maximum Gasteiger partial charge on any atom is -0.000584 e. The molecule has 0 aromatic heterocycles. The van der Waals surface area contributed by atoms with E-state index in [1.54, 1.807) is 0 Å². The minimum atomic E-state index is 0.190. The fourth-order valence-corrected chi connectivity index (χ4v) is 1.47. The molecule has 0 radical (unpaired) electrons. The zero-order chi connectivity index (χ0) is 9.90. The smallest absolute Gasteiger partial charge is 0.000584 e. The topological polar surface area (TPSA) is 0 Å². The number of aryl methyl sites for hydroxylation is 1. The Kier molecular flexibility index (Phi) is 3.43. The SMILES string of the molecule is CCc1ccc(C(C)(C)CS)cc1. The van der Waals surface area contributed by atoms with Crippen LogP contribution in [-0.4, -0.2) is 5.75 Å². The molecule has 0 saturated carbocycles. The van der Waals surface area contributed by atoms with Crippen molar-refractivity contribution in [2.75, 3.05) is 5.75 Å². The molecule has 0 atom stereocenters. The van der Waals surface area contributed by atoms with Crippen molar-refractivity contribution in [3.8, 4) is 0 Å². The summed E-state index contributed by atoms with van der Waals surface area (Å²) in [6.45, 7) is 6.63. The third-order valence-corrected chi connectivity index (χ3v) is 3.33. The quantitative estimate of drug-likeness (QED) is 0.700. The van der Waals surface area contributed by atoms with E-state index >= 15 is 0 Å². The number of benzene rings is 1. The van der Waals surface area contributed by atoms with Gasteiger partial charge in [-0.3, -0.25) is 0 Å². The van der Waals surface area contributed by atoms with E-state index in [1.807, 2.05) is 0 Å². The van der Waals surface area contributed by atoms with E-state index < -0.39 is 0 Å². The zero-order valence-corrected chi connectivity index (χ0v) is 9.57. The molecule has 1 rings (SSSR count). The van der Waals surface area contributed by atoms with E-state index in [0.717, 1.165) is 12.2 Å². The van der Waals surface area contributed by atoms with Crippen molar-refractivity contribution in [1.29, 1.82) is 0 Å². The van der Waals surface area contributed by atoms with Gasteiger partial charge in [-0.1, -0.05) is 45.0 Å². The van der Waals surface area contributed by atoms with Crippen LogP contribution in [0.3, 0.4) is 0 Å². The van der Waals surface area contributed by atoms with Crippen LogP contribution in [0.15, 0.2) is 24.3 Å². The van der Waals surface area contributed by atoms with Crippen LogP contribution in [0.2, 0.25) is 0 Å². The molecule has 0 amide bonds. The largest absolute Gasteiger partial charge is 0.178 e. The van der Waals surface area contributed by atoms with E-state index in [9.17, 15) is 0 Å². The third-order valence-electron chi connectivity index (χ3n) is 2.54. The van der Waals surface area contributed by atoms with Gasteiger partial charge in [-0.2, -0.15) is 12.6 Å².